The molecule has 1 aromatic rings. The van der Waals surface area contributed by atoms with Crippen LogP contribution in [0.25, 0.3) is 0 Å². The maximum Gasteiger partial charge on any atom is 0.354 e. The molecule has 5 nitrogen and oxygen atoms in total. The lowest BCUT2D eigenvalue weighted by molar-refractivity contribution is 0.0594. The Hall–Kier alpha value is -1.33. The van der Waals surface area contributed by atoms with Gasteiger partial charge in [0.05, 0.1) is 13.2 Å². The minimum atomic E-state index is -0.373. The minimum Gasteiger partial charge on any atom is -0.464 e. The number of hydrogen-bond donors (Lipinski definition) is 3. The number of carbonyl (C=O) groups excluding carboxylic acids is 1. The van der Waals surface area contributed by atoms with Crippen molar-refractivity contribution < 1.29 is 14.6 Å². The largest absolute Gasteiger partial charge is 0.464 e. The van der Waals surface area contributed by atoms with Crippen molar-refractivity contribution in [1.29, 1.82) is 0 Å². The van der Waals surface area contributed by atoms with Gasteiger partial charge in [-0.15, -0.1) is 0 Å². The fourth-order valence-corrected chi connectivity index (χ4v) is 1.58. The Labute approximate surface area is 101 Å². The molecule has 0 bridgehead atoms. The number of aliphatic hydroxyl groups is 1. The van der Waals surface area contributed by atoms with E-state index in [9.17, 15) is 9.90 Å². The first-order chi connectivity index (χ1) is 8.17. The van der Waals surface area contributed by atoms with E-state index in [0.717, 1.165) is 18.5 Å². The van der Waals surface area contributed by atoms with Gasteiger partial charge in [0.25, 0.3) is 0 Å². The Kier molecular flexibility index (Phi) is 5.72. The number of aliphatic hydroxyl groups excluding tert-OH is 1. The zero-order valence-corrected chi connectivity index (χ0v) is 10.3. The molecule has 0 aliphatic heterocycles. The summed E-state index contributed by atoms with van der Waals surface area (Å²) in [4.78, 5) is 14.1. The molecule has 0 aliphatic carbocycles. The molecule has 5 heteroatoms. The third-order valence-corrected chi connectivity index (χ3v) is 2.47. The van der Waals surface area contributed by atoms with Crippen molar-refractivity contribution >= 4 is 5.97 Å². The normalized spacial score (nSPS) is 12.4. The number of nitrogens with one attached hydrogen (secondary N) is 2. The van der Waals surface area contributed by atoms with Crippen molar-refractivity contribution in [2.24, 2.45) is 0 Å². The summed E-state index contributed by atoms with van der Waals surface area (Å²) in [6, 6.07) is 3.51. The predicted molar refractivity (Wildman–Crippen MR) is 64.8 cm³/mol. The Morgan fingerprint density at radius 2 is 2.35 bits per heavy atom. The second-order valence-electron chi connectivity index (χ2n) is 3.96. The van der Waals surface area contributed by atoms with Gasteiger partial charge in [-0.3, -0.25) is 0 Å². The number of methoxy groups -OCH3 is 1. The molecular formula is C12H20N2O3. The van der Waals surface area contributed by atoms with E-state index in [2.05, 4.69) is 15.0 Å². The van der Waals surface area contributed by atoms with Crippen LogP contribution < -0.4 is 5.32 Å². The van der Waals surface area contributed by atoms with Gasteiger partial charge in [0.2, 0.25) is 0 Å². The molecule has 0 radical (unpaired) electrons. The molecule has 0 aromatic carbocycles. The fraction of sp³-hybridized carbons (Fsp3) is 0.583. The van der Waals surface area contributed by atoms with E-state index in [4.69, 9.17) is 0 Å². The van der Waals surface area contributed by atoms with Crippen molar-refractivity contribution in [3.8, 4) is 0 Å². The van der Waals surface area contributed by atoms with Crippen LogP contribution in [0.4, 0.5) is 0 Å². The van der Waals surface area contributed by atoms with E-state index in [1.807, 2.05) is 13.0 Å². The zero-order valence-electron chi connectivity index (χ0n) is 10.3. The highest BCUT2D eigenvalue weighted by Gasteiger charge is 2.08. The lowest BCUT2D eigenvalue weighted by atomic mass is 10.2. The maximum atomic E-state index is 11.2. The lowest BCUT2D eigenvalue weighted by Gasteiger charge is -2.09. The quantitative estimate of drug-likeness (QED) is 0.623. The number of hydrogen-bond acceptors (Lipinski definition) is 4. The van der Waals surface area contributed by atoms with Crippen molar-refractivity contribution in [1.82, 2.24) is 10.3 Å². The van der Waals surface area contributed by atoms with E-state index in [1.54, 1.807) is 6.07 Å². The van der Waals surface area contributed by atoms with Crippen molar-refractivity contribution in [3.05, 3.63) is 23.5 Å². The molecule has 3 N–H and O–H groups in total. The maximum absolute atomic E-state index is 11.2. The highest BCUT2D eigenvalue weighted by molar-refractivity contribution is 5.87. The molecule has 96 valence electrons. The number of ether oxygens (including phenoxy) is 1. The second kappa shape index (κ2) is 7.09. The van der Waals surface area contributed by atoms with Gasteiger partial charge in [0.15, 0.2) is 0 Å². The van der Waals surface area contributed by atoms with Crippen LogP contribution in [0.5, 0.6) is 0 Å². The third-order valence-electron chi connectivity index (χ3n) is 2.47. The van der Waals surface area contributed by atoms with Crippen molar-refractivity contribution in [2.75, 3.05) is 13.7 Å². The molecule has 17 heavy (non-hydrogen) atoms. The molecule has 1 unspecified atom stereocenters. The molecule has 0 saturated carbocycles. The molecule has 1 heterocycles. The number of carbonyl (C=O) groups is 1. The van der Waals surface area contributed by atoms with Gasteiger partial charge in [0.1, 0.15) is 5.69 Å². The van der Waals surface area contributed by atoms with Gasteiger partial charge in [0, 0.05) is 18.8 Å². The van der Waals surface area contributed by atoms with Crippen LogP contribution in [0.1, 0.15) is 35.9 Å². The van der Waals surface area contributed by atoms with Crippen molar-refractivity contribution in [3.63, 3.8) is 0 Å². The third kappa shape index (κ3) is 4.58. The smallest absolute Gasteiger partial charge is 0.354 e. The highest BCUT2D eigenvalue weighted by Crippen LogP contribution is 2.03. The Bertz CT molecular complexity index is 349. The number of aromatic nitrogens is 1. The van der Waals surface area contributed by atoms with Gasteiger partial charge < -0.3 is 20.1 Å². The van der Waals surface area contributed by atoms with Gasteiger partial charge in [-0.2, -0.15) is 0 Å². The van der Waals surface area contributed by atoms with E-state index in [1.165, 1.54) is 7.11 Å². The van der Waals surface area contributed by atoms with E-state index >= 15 is 0 Å². The zero-order chi connectivity index (χ0) is 12.7. The number of aromatic amines is 1. The van der Waals surface area contributed by atoms with Crippen LogP contribution in [0.3, 0.4) is 0 Å². The highest BCUT2D eigenvalue weighted by atomic mass is 16.5. The second-order valence-corrected chi connectivity index (χ2v) is 3.96. The molecule has 0 saturated heterocycles. The summed E-state index contributed by atoms with van der Waals surface area (Å²) in [7, 11) is 1.35. The number of esters is 1. The average Bonchev–Trinajstić information content (AvgIpc) is 2.77. The Morgan fingerprint density at radius 3 is 3.00 bits per heavy atom. The summed E-state index contributed by atoms with van der Waals surface area (Å²) >= 11 is 0. The van der Waals surface area contributed by atoms with Crippen LogP contribution >= 0.6 is 0 Å². The average molecular weight is 240 g/mol. The van der Waals surface area contributed by atoms with Crippen LogP contribution in [-0.4, -0.2) is 35.8 Å². The van der Waals surface area contributed by atoms with Crippen molar-refractivity contribution in [2.45, 2.75) is 32.4 Å². The van der Waals surface area contributed by atoms with Crippen LogP contribution in [0.15, 0.2) is 12.1 Å². The first-order valence-electron chi connectivity index (χ1n) is 5.82. The first kappa shape index (κ1) is 13.7. The summed E-state index contributed by atoms with van der Waals surface area (Å²) in [5, 5.41) is 12.6. The van der Waals surface area contributed by atoms with Crippen LogP contribution in [0.2, 0.25) is 0 Å². The van der Waals surface area contributed by atoms with Crippen LogP contribution in [0, 0.1) is 0 Å². The summed E-state index contributed by atoms with van der Waals surface area (Å²) in [5.41, 5.74) is 1.34. The first-order valence-corrected chi connectivity index (χ1v) is 5.82. The summed E-state index contributed by atoms with van der Waals surface area (Å²) in [5.74, 6) is -0.373. The van der Waals surface area contributed by atoms with E-state index < -0.39 is 0 Å². The van der Waals surface area contributed by atoms with Gasteiger partial charge in [-0.25, -0.2) is 4.79 Å². The fourth-order valence-electron chi connectivity index (χ4n) is 1.58. The standard InChI is InChI=1S/C12H20N2O3/c1-3-4-10(15)8-13-7-9-5-6-11(14-9)12(16)17-2/h5-6,10,13-15H,3-4,7-8H2,1-2H3. The molecule has 0 amide bonds. The summed E-state index contributed by atoms with van der Waals surface area (Å²) in [6.45, 7) is 3.19. The topological polar surface area (TPSA) is 74.3 Å². The minimum absolute atomic E-state index is 0.310. The Morgan fingerprint density at radius 1 is 1.59 bits per heavy atom. The number of H-pyrrole nitrogens is 1. The molecule has 1 atom stereocenters. The monoisotopic (exact) mass is 240 g/mol. The molecule has 0 spiro atoms. The van der Waals surface area contributed by atoms with E-state index in [-0.39, 0.29) is 12.1 Å². The van der Waals surface area contributed by atoms with Gasteiger partial charge >= 0.3 is 5.97 Å². The summed E-state index contributed by atoms with van der Waals surface area (Å²) < 4.78 is 4.59. The van der Waals surface area contributed by atoms with Crippen LogP contribution in [-0.2, 0) is 11.3 Å². The Balaban J connectivity index is 2.32. The van der Waals surface area contributed by atoms with E-state index in [0.29, 0.717) is 18.8 Å². The van der Waals surface area contributed by atoms with Gasteiger partial charge in [-0.1, -0.05) is 13.3 Å². The molecule has 0 fully saturated rings. The predicted octanol–water partition coefficient (Wildman–Crippen LogP) is 1.05. The molecule has 1 aromatic heterocycles. The lowest BCUT2D eigenvalue weighted by Crippen LogP contribution is -2.26. The number of rotatable bonds is 7. The molecular weight excluding hydrogens is 220 g/mol. The molecule has 0 aliphatic rings. The SMILES string of the molecule is CCCC(O)CNCc1ccc(C(=O)OC)[nH]1. The summed E-state index contributed by atoms with van der Waals surface area (Å²) in [6.07, 6.45) is 1.46. The molecule has 1 rings (SSSR count). The van der Waals surface area contributed by atoms with Gasteiger partial charge in [-0.05, 0) is 18.6 Å².